The van der Waals surface area contributed by atoms with Crippen LogP contribution in [0.4, 0.5) is 5.69 Å². The summed E-state index contributed by atoms with van der Waals surface area (Å²) in [5.74, 6) is 0.262. The van der Waals surface area contributed by atoms with E-state index in [4.69, 9.17) is 4.74 Å². The monoisotopic (exact) mass is 327 g/mol. The number of anilines is 1. The smallest absolute Gasteiger partial charge is 0.226 e. The number of ether oxygens (including phenoxy) is 1. The second kappa shape index (κ2) is 8.67. The summed E-state index contributed by atoms with van der Waals surface area (Å²) in [5, 5.41) is 2.76. The number of carbonyl (C=O) groups is 2. The highest BCUT2D eigenvalue weighted by molar-refractivity contribution is 5.90. The van der Waals surface area contributed by atoms with Crippen LogP contribution in [0.3, 0.4) is 0 Å². The van der Waals surface area contributed by atoms with Gasteiger partial charge in [0.25, 0.3) is 0 Å². The van der Waals surface area contributed by atoms with E-state index in [1.54, 1.807) is 17.0 Å². The van der Waals surface area contributed by atoms with Gasteiger partial charge in [-0.2, -0.15) is 0 Å². The molecule has 1 heterocycles. The topological polar surface area (TPSA) is 71.5 Å². The highest BCUT2D eigenvalue weighted by Crippen LogP contribution is 2.11. The minimum atomic E-state index is -0.165. The summed E-state index contributed by atoms with van der Waals surface area (Å²) < 4.78 is 4.97. The van der Waals surface area contributed by atoms with Crippen LogP contribution >= 0.6 is 0 Å². The van der Waals surface area contributed by atoms with Gasteiger partial charge in [0.2, 0.25) is 17.7 Å². The molecule has 6 heteroatoms. The first kappa shape index (κ1) is 17.5. The number of nitrogens with zero attached hydrogens (tertiary/aromatic N) is 2. The molecule has 0 radical (unpaired) electrons. The van der Waals surface area contributed by atoms with Crippen molar-refractivity contribution in [3.8, 4) is 5.88 Å². The van der Waals surface area contributed by atoms with Crippen LogP contribution in [0.15, 0.2) is 48.7 Å². The first-order chi connectivity index (χ1) is 11.6. The Morgan fingerprint density at radius 3 is 2.50 bits per heavy atom. The minimum absolute atomic E-state index is 0.0576. The Morgan fingerprint density at radius 2 is 1.92 bits per heavy atom. The molecule has 0 saturated carbocycles. The number of benzene rings is 1. The van der Waals surface area contributed by atoms with E-state index in [2.05, 4.69) is 10.3 Å². The van der Waals surface area contributed by atoms with Crippen molar-refractivity contribution in [3.05, 3.63) is 54.2 Å². The summed E-state index contributed by atoms with van der Waals surface area (Å²) in [6.45, 7) is 2.36. The Morgan fingerprint density at radius 1 is 1.17 bits per heavy atom. The maximum atomic E-state index is 12.0. The lowest BCUT2D eigenvalue weighted by molar-refractivity contribution is -0.129. The second-order valence-electron chi connectivity index (χ2n) is 5.31. The summed E-state index contributed by atoms with van der Waals surface area (Å²) in [6.07, 6.45) is 1.75. The lowest BCUT2D eigenvalue weighted by atomic mass is 10.2. The molecule has 0 saturated heterocycles. The Balaban J connectivity index is 1.86. The maximum absolute atomic E-state index is 12.0. The zero-order valence-electron chi connectivity index (χ0n) is 13.9. The highest BCUT2D eigenvalue weighted by Gasteiger charge is 2.12. The molecule has 0 unspecified atom stereocenters. The van der Waals surface area contributed by atoms with Crippen LogP contribution in [0.1, 0.15) is 18.9 Å². The maximum Gasteiger partial charge on any atom is 0.226 e. The van der Waals surface area contributed by atoms with E-state index in [1.807, 2.05) is 30.3 Å². The molecule has 2 rings (SSSR count). The van der Waals surface area contributed by atoms with E-state index in [-0.39, 0.29) is 18.2 Å². The lowest BCUT2D eigenvalue weighted by Crippen LogP contribution is -2.31. The molecule has 0 aliphatic carbocycles. The van der Waals surface area contributed by atoms with E-state index < -0.39 is 0 Å². The SMILES string of the molecule is COc1ccc(NC(=O)CCN(Cc2ccccc2)C(C)=O)cn1. The number of nitrogens with one attached hydrogen (secondary N) is 1. The molecule has 6 nitrogen and oxygen atoms in total. The van der Waals surface area contributed by atoms with Gasteiger partial charge in [0.1, 0.15) is 0 Å². The van der Waals surface area contributed by atoms with Gasteiger partial charge < -0.3 is 15.0 Å². The van der Waals surface area contributed by atoms with Crippen LogP contribution in [0.5, 0.6) is 5.88 Å². The zero-order chi connectivity index (χ0) is 17.4. The Kier molecular flexibility index (Phi) is 6.31. The molecule has 1 N–H and O–H groups in total. The van der Waals surface area contributed by atoms with Gasteiger partial charge >= 0.3 is 0 Å². The second-order valence-corrected chi connectivity index (χ2v) is 5.31. The van der Waals surface area contributed by atoms with Crippen molar-refractivity contribution in [2.45, 2.75) is 19.9 Å². The lowest BCUT2D eigenvalue weighted by Gasteiger charge is -2.21. The molecule has 2 amide bonds. The van der Waals surface area contributed by atoms with Crippen LogP contribution in [0.2, 0.25) is 0 Å². The number of rotatable bonds is 7. The van der Waals surface area contributed by atoms with Gasteiger partial charge in [0, 0.05) is 32.5 Å². The van der Waals surface area contributed by atoms with Gasteiger partial charge in [-0.3, -0.25) is 9.59 Å². The average Bonchev–Trinajstić information content (AvgIpc) is 2.60. The Hall–Kier alpha value is -2.89. The number of pyridine rings is 1. The fourth-order valence-electron chi connectivity index (χ4n) is 2.19. The third kappa shape index (κ3) is 5.39. The van der Waals surface area contributed by atoms with E-state index in [0.29, 0.717) is 24.7 Å². The molecule has 0 aliphatic heterocycles. The van der Waals surface area contributed by atoms with Crippen LogP contribution in [0, 0.1) is 0 Å². The minimum Gasteiger partial charge on any atom is -0.481 e. The number of methoxy groups -OCH3 is 1. The molecule has 1 aromatic carbocycles. The first-order valence-corrected chi connectivity index (χ1v) is 7.68. The van der Waals surface area contributed by atoms with Crippen molar-refractivity contribution in [3.63, 3.8) is 0 Å². The summed E-state index contributed by atoms with van der Waals surface area (Å²) in [5.41, 5.74) is 1.63. The number of amides is 2. The summed E-state index contributed by atoms with van der Waals surface area (Å²) in [7, 11) is 1.53. The van der Waals surface area contributed by atoms with Crippen LogP contribution in [-0.4, -0.2) is 35.4 Å². The fraction of sp³-hybridized carbons (Fsp3) is 0.278. The Labute approximate surface area is 141 Å². The third-order valence-electron chi connectivity index (χ3n) is 3.50. The van der Waals surface area contributed by atoms with Crippen molar-refractivity contribution in [2.75, 3.05) is 19.0 Å². The predicted molar refractivity (Wildman–Crippen MR) is 91.6 cm³/mol. The van der Waals surface area contributed by atoms with Crippen molar-refractivity contribution in [1.29, 1.82) is 0 Å². The van der Waals surface area contributed by atoms with E-state index in [0.717, 1.165) is 5.56 Å². The standard InChI is InChI=1S/C18H21N3O3/c1-14(22)21(13-15-6-4-3-5-7-15)11-10-17(23)20-16-8-9-18(24-2)19-12-16/h3-9,12H,10-11,13H2,1-2H3,(H,20,23). The van der Waals surface area contributed by atoms with Gasteiger partial charge in [0.15, 0.2) is 0 Å². The van der Waals surface area contributed by atoms with Gasteiger partial charge in [-0.05, 0) is 11.6 Å². The summed E-state index contributed by atoms with van der Waals surface area (Å²) in [4.78, 5) is 29.5. The molecule has 126 valence electrons. The van der Waals surface area contributed by atoms with E-state index in [1.165, 1.54) is 20.2 Å². The van der Waals surface area contributed by atoms with Crippen LogP contribution in [-0.2, 0) is 16.1 Å². The highest BCUT2D eigenvalue weighted by atomic mass is 16.5. The fourth-order valence-corrected chi connectivity index (χ4v) is 2.19. The Bertz CT molecular complexity index is 672. The van der Waals surface area contributed by atoms with Crippen molar-refractivity contribution in [1.82, 2.24) is 9.88 Å². The molecule has 0 atom stereocenters. The number of hydrogen-bond donors (Lipinski definition) is 1. The third-order valence-corrected chi connectivity index (χ3v) is 3.50. The normalized spacial score (nSPS) is 10.1. The van der Waals surface area contributed by atoms with Crippen molar-refractivity contribution in [2.24, 2.45) is 0 Å². The largest absolute Gasteiger partial charge is 0.481 e. The van der Waals surface area contributed by atoms with Crippen LogP contribution in [0.25, 0.3) is 0 Å². The van der Waals surface area contributed by atoms with Crippen molar-refractivity contribution >= 4 is 17.5 Å². The predicted octanol–water partition coefficient (Wildman–Crippen LogP) is 2.47. The number of hydrogen-bond acceptors (Lipinski definition) is 4. The molecule has 1 aromatic heterocycles. The zero-order valence-corrected chi connectivity index (χ0v) is 13.9. The molecule has 2 aromatic rings. The summed E-state index contributed by atoms with van der Waals surface area (Å²) >= 11 is 0. The first-order valence-electron chi connectivity index (χ1n) is 7.68. The van der Waals surface area contributed by atoms with Gasteiger partial charge in [-0.1, -0.05) is 30.3 Å². The quantitative estimate of drug-likeness (QED) is 0.848. The van der Waals surface area contributed by atoms with Gasteiger partial charge in [0.05, 0.1) is 19.0 Å². The summed E-state index contributed by atoms with van der Waals surface area (Å²) in [6, 6.07) is 13.1. The number of carbonyl (C=O) groups excluding carboxylic acids is 2. The number of aromatic nitrogens is 1. The molecular formula is C18H21N3O3. The van der Waals surface area contributed by atoms with Gasteiger partial charge in [-0.25, -0.2) is 4.98 Å². The molecule has 0 aliphatic rings. The molecule has 24 heavy (non-hydrogen) atoms. The van der Waals surface area contributed by atoms with E-state index in [9.17, 15) is 9.59 Å². The molecular weight excluding hydrogens is 306 g/mol. The molecule has 0 bridgehead atoms. The average molecular weight is 327 g/mol. The van der Waals surface area contributed by atoms with Crippen LogP contribution < -0.4 is 10.1 Å². The van der Waals surface area contributed by atoms with Crippen molar-refractivity contribution < 1.29 is 14.3 Å². The van der Waals surface area contributed by atoms with Gasteiger partial charge in [-0.15, -0.1) is 0 Å². The molecule has 0 spiro atoms. The molecule has 0 fully saturated rings. The van der Waals surface area contributed by atoms with E-state index >= 15 is 0 Å².